The summed E-state index contributed by atoms with van der Waals surface area (Å²) in [5, 5.41) is 0. The van der Waals surface area contributed by atoms with E-state index in [2.05, 4.69) is 4.74 Å². The molecule has 1 aromatic carbocycles. The second-order valence-electron chi connectivity index (χ2n) is 2.85. The zero-order valence-electron chi connectivity index (χ0n) is 13.9. The van der Waals surface area contributed by atoms with Gasteiger partial charge in [-0.15, -0.1) is 0 Å². The largest absolute Gasteiger partial charge is 0.462 e. The zero-order chi connectivity index (χ0) is 17.8. The lowest BCUT2D eigenvalue weighted by atomic mass is 10.2. The highest BCUT2D eigenvalue weighted by Gasteiger charge is 2.04. The van der Waals surface area contributed by atoms with E-state index in [0.29, 0.717) is 11.9 Å². The quantitative estimate of drug-likeness (QED) is 0.469. The van der Waals surface area contributed by atoms with E-state index in [0.717, 1.165) is 0 Å². The Morgan fingerprint density at radius 3 is 2.71 bits per heavy atom. The first-order valence-corrected chi connectivity index (χ1v) is 5.99. The van der Waals surface area contributed by atoms with Crippen LogP contribution in [0.1, 0.15) is 24.1 Å². The maximum absolute atomic E-state index is 11.5. The number of anilines is 1. The molecule has 6 nitrogen and oxygen atoms in total. The molecule has 0 aliphatic rings. The fraction of sp³-hybridized carbons (Fsp3) is 0.300. The van der Waals surface area contributed by atoms with Crippen LogP contribution >= 0.6 is 0 Å². The Morgan fingerprint density at radius 1 is 1.65 bits per heavy atom. The molecular formula is C10H15NO5S. The van der Waals surface area contributed by atoms with Gasteiger partial charge in [-0.2, -0.15) is 8.42 Å². The van der Waals surface area contributed by atoms with E-state index in [-0.39, 0.29) is 5.56 Å². The molecular weight excluding hydrogens is 246 g/mol. The van der Waals surface area contributed by atoms with Gasteiger partial charge in [0.05, 0.1) is 21.1 Å². The summed E-state index contributed by atoms with van der Waals surface area (Å²) in [5.41, 5.74) is 5.73. The van der Waals surface area contributed by atoms with Crippen molar-refractivity contribution in [2.75, 3.05) is 18.5 Å². The first kappa shape index (κ1) is 8.48. The van der Waals surface area contributed by atoms with E-state index in [1.165, 1.54) is 24.3 Å². The van der Waals surface area contributed by atoms with Gasteiger partial charge in [-0.3, -0.25) is 4.55 Å². The first-order valence-electron chi connectivity index (χ1n) is 6.65. The Bertz CT molecular complexity index is 621. The second kappa shape index (κ2) is 6.87. The van der Waals surface area contributed by atoms with Crippen molar-refractivity contribution >= 4 is 21.8 Å². The highest BCUT2D eigenvalue weighted by atomic mass is 32.2. The molecule has 0 unspecified atom stereocenters. The number of hydrogen-bond donors (Lipinski definition) is 2. The smallest absolute Gasteiger partial charge is 0.338 e. The number of hydrogen-bond acceptors (Lipinski definition) is 5. The van der Waals surface area contributed by atoms with Crippen LogP contribution in [0.5, 0.6) is 0 Å². The van der Waals surface area contributed by atoms with Crippen LogP contribution in [0, 0.1) is 0 Å². The highest BCUT2D eigenvalue weighted by Crippen LogP contribution is 2.07. The Balaban J connectivity index is 0.000000763. The molecule has 0 bridgehead atoms. The molecule has 0 atom stereocenters. The summed E-state index contributed by atoms with van der Waals surface area (Å²) in [7, 11) is -3.67. The van der Waals surface area contributed by atoms with Crippen LogP contribution < -0.4 is 5.73 Å². The zero-order valence-corrected chi connectivity index (χ0v) is 9.69. The number of esters is 1. The van der Waals surface area contributed by atoms with Crippen LogP contribution in [0.15, 0.2) is 24.3 Å². The second-order valence-corrected chi connectivity index (χ2v) is 4.32. The summed E-state index contributed by atoms with van der Waals surface area (Å²) in [5.74, 6) is -1.07. The molecule has 3 N–H and O–H groups in total. The number of benzene rings is 1. The molecule has 0 aromatic heterocycles. The summed E-state index contributed by atoms with van der Waals surface area (Å²) in [4.78, 5) is 11.5. The monoisotopic (exact) mass is 266 g/mol. The van der Waals surface area contributed by atoms with E-state index in [4.69, 9.17) is 17.1 Å². The van der Waals surface area contributed by atoms with Crippen molar-refractivity contribution in [2.45, 2.75) is 6.85 Å². The number of nitrogen functional groups attached to an aromatic ring is 1. The van der Waals surface area contributed by atoms with E-state index in [9.17, 15) is 13.2 Å². The number of ether oxygens (including phenoxy) is 1. The van der Waals surface area contributed by atoms with Crippen LogP contribution in [0.3, 0.4) is 0 Å². The minimum Gasteiger partial charge on any atom is -0.462 e. The number of carbonyl (C=O) groups is 1. The lowest BCUT2D eigenvalue weighted by molar-refractivity contribution is 0.0526. The Hall–Kier alpha value is -1.60. The summed E-state index contributed by atoms with van der Waals surface area (Å²) in [6.07, 6.45) is 0.715. The van der Waals surface area contributed by atoms with Crippen molar-refractivity contribution in [1.82, 2.24) is 0 Å². The number of rotatable bonds is 2. The minimum atomic E-state index is -3.67. The molecule has 0 radical (unpaired) electrons. The molecule has 0 saturated heterocycles. The van der Waals surface area contributed by atoms with Gasteiger partial charge in [0, 0.05) is 9.80 Å². The van der Waals surface area contributed by atoms with Gasteiger partial charge in [0.1, 0.15) is 0 Å². The van der Waals surface area contributed by atoms with Gasteiger partial charge in [-0.1, -0.05) is 6.07 Å². The van der Waals surface area contributed by atoms with Crippen LogP contribution in [0.4, 0.5) is 5.69 Å². The average molecular weight is 266 g/mol. The third-order valence-corrected chi connectivity index (χ3v) is 1.27. The third kappa shape index (κ3) is 9.34. The van der Waals surface area contributed by atoms with Crippen molar-refractivity contribution in [3.05, 3.63) is 29.8 Å². The molecule has 1 rings (SSSR count). The van der Waals surface area contributed by atoms with Gasteiger partial charge in [-0.25, -0.2) is 4.79 Å². The van der Waals surface area contributed by atoms with Gasteiger partial charge in [0.15, 0.2) is 0 Å². The molecule has 1 aromatic rings. The van der Waals surface area contributed by atoms with Crippen molar-refractivity contribution in [1.29, 1.82) is 0 Å². The Labute approximate surface area is 107 Å². The molecule has 0 saturated carbocycles. The predicted octanol–water partition coefficient (Wildman–Crippen LogP) is 0.950. The molecule has 0 spiro atoms. The topological polar surface area (TPSA) is 107 Å². The van der Waals surface area contributed by atoms with E-state index in [1.807, 2.05) is 0 Å². The summed E-state index contributed by atoms with van der Waals surface area (Å²) in [6.45, 7) is -6.07. The SMILES string of the molecule is CS(=O)(=O)O.[2H]C([2H])([2H])C([2H])([2H])OC(=O)c1cccc(N)c1. The van der Waals surface area contributed by atoms with Crippen LogP contribution in [0.25, 0.3) is 0 Å². The van der Waals surface area contributed by atoms with Gasteiger partial charge < -0.3 is 10.5 Å². The molecule has 17 heavy (non-hydrogen) atoms. The number of carbonyl (C=O) groups excluding carboxylic acids is 1. The first-order chi connectivity index (χ1) is 9.63. The minimum absolute atomic E-state index is 0.00174. The van der Waals surface area contributed by atoms with Gasteiger partial charge in [0.25, 0.3) is 10.1 Å². The van der Waals surface area contributed by atoms with Crippen LogP contribution in [-0.2, 0) is 14.9 Å². The molecule has 0 aliphatic carbocycles. The summed E-state index contributed by atoms with van der Waals surface area (Å²) < 4.78 is 65.1. The van der Waals surface area contributed by atoms with Crippen molar-refractivity contribution < 1.29 is 29.4 Å². The summed E-state index contributed by atoms with van der Waals surface area (Å²) in [6, 6.07) is 5.65. The molecule has 0 fully saturated rings. The van der Waals surface area contributed by atoms with Crippen molar-refractivity contribution in [2.24, 2.45) is 0 Å². The van der Waals surface area contributed by atoms with Gasteiger partial charge >= 0.3 is 5.97 Å². The van der Waals surface area contributed by atoms with Crippen LogP contribution in [0.2, 0.25) is 0 Å². The van der Waals surface area contributed by atoms with E-state index >= 15 is 0 Å². The maximum Gasteiger partial charge on any atom is 0.338 e. The van der Waals surface area contributed by atoms with Crippen LogP contribution in [-0.4, -0.2) is 31.8 Å². The lowest BCUT2D eigenvalue weighted by Gasteiger charge is -2.01. The molecule has 0 amide bonds. The normalized spacial score (nSPS) is 16.0. The highest BCUT2D eigenvalue weighted by molar-refractivity contribution is 7.85. The van der Waals surface area contributed by atoms with E-state index in [1.54, 1.807) is 0 Å². The molecule has 0 aliphatic heterocycles. The Morgan fingerprint density at radius 2 is 2.24 bits per heavy atom. The number of nitrogens with two attached hydrogens (primary N) is 1. The fourth-order valence-corrected chi connectivity index (χ4v) is 0.771. The van der Waals surface area contributed by atoms with Crippen molar-refractivity contribution in [3.8, 4) is 0 Å². The average Bonchev–Trinajstić information content (AvgIpc) is 2.24. The lowest BCUT2D eigenvalue weighted by Crippen LogP contribution is -2.04. The van der Waals surface area contributed by atoms with Crippen molar-refractivity contribution in [3.63, 3.8) is 0 Å². The van der Waals surface area contributed by atoms with Gasteiger partial charge in [0.2, 0.25) is 0 Å². The standard InChI is InChI=1S/C9H11NO2.CH4O3S/c1-2-12-9(11)7-4-3-5-8(10)6-7;1-5(2,3)4/h3-6H,2,10H2,1H3;1H3,(H,2,3,4)/i1D3,2D2;. The third-order valence-electron chi connectivity index (χ3n) is 1.27. The Kier molecular flexibility index (Phi) is 3.43. The maximum atomic E-state index is 11.5. The molecule has 0 heterocycles. The van der Waals surface area contributed by atoms with Gasteiger partial charge in [-0.05, 0) is 25.1 Å². The summed E-state index contributed by atoms with van der Waals surface area (Å²) >= 11 is 0. The molecule has 7 heteroatoms. The fourth-order valence-electron chi connectivity index (χ4n) is 0.771. The van der Waals surface area contributed by atoms with E-state index < -0.39 is 29.5 Å². The predicted molar refractivity (Wildman–Crippen MR) is 64.3 cm³/mol. The molecule has 96 valence electrons.